The standard InChI is InChI=1S/C5H10NOS/c1-2-3-4-7-5(6)8/h1-4H2,(H2,6,8). The van der Waals surface area contributed by atoms with Crippen molar-refractivity contribution in [3.8, 4) is 0 Å². The van der Waals surface area contributed by atoms with E-state index >= 15 is 0 Å². The molecule has 2 N–H and O–H groups in total. The summed E-state index contributed by atoms with van der Waals surface area (Å²) >= 11 is 4.44. The van der Waals surface area contributed by atoms with Gasteiger partial charge in [0.15, 0.2) is 0 Å². The SMILES string of the molecule is [CH2]CCCOC(N)=S. The predicted octanol–water partition coefficient (Wildman–Crippen LogP) is 0.861. The lowest BCUT2D eigenvalue weighted by atomic mass is 10.4. The number of ether oxygens (including phenoxy) is 1. The quantitative estimate of drug-likeness (QED) is 0.457. The Kier molecular flexibility index (Phi) is 4.65. The van der Waals surface area contributed by atoms with Gasteiger partial charge in [0.1, 0.15) is 0 Å². The van der Waals surface area contributed by atoms with Crippen LogP contribution in [0.4, 0.5) is 0 Å². The molecule has 47 valence electrons. The average Bonchev–Trinajstić information content (AvgIpc) is 1.66. The van der Waals surface area contributed by atoms with Crippen LogP contribution in [-0.2, 0) is 4.74 Å². The van der Waals surface area contributed by atoms with Crippen LogP contribution in [0.3, 0.4) is 0 Å². The zero-order valence-electron chi connectivity index (χ0n) is 4.72. The van der Waals surface area contributed by atoms with Gasteiger partial charge in [-0.05, 0) is 18.6 Å². The van der Waals surface area contributed by atoms with Crippen LogP contribution in [0.1, 0.15) is 12.8 Å². The van der Waals surface area contributed by atoms with E-state index in [1.165, 1.54) is 0 Å². The van der Waals surface area contributed by atoms with Gasteiger partial charge in [0, 0.05) is 0 Å². The molecule has 0 bridgehead atoms. The minimum atomic E-state index is 0.124. The maximum absolute atomic E-state index is 5.02. The van der Waals surface area contributed by atoms with E-state index in [4.69, 9.17) is 10.5 Å². The molecule has 0 aliphatic rings. The van der Waals surface area contributed by atoms with Crippen LogP contribution in [0.5, 0.6) is 0 Å². The van der Waals surface area contributed by atoms with Gasteiger partial charge in [-0.25, -0.2) is 0 Å². The van der Waals surface area contributed by atoms with E-state index < -0.39 is 0 Å². The summed E-state index contributed by atoms with van der Waals surface area (Å²) in [6.45, 7) is 4.21. The molecule has 0 atom stereocenters. The van der Waals surface area contributed by atoms with Gasteiger partial charge in [-0.3, -0.25) is 0 Å². The number of nitrogens with two attached hydrogens (primary N) is 1. The highest BCUT2D eigenvalue weighted by molar-refractivity contribution is 7.80. The molecule has 0 aromatic carbocycles. The van der Waals surface area contributed by atoms with Gasteiger partial charge in [-0.2, -0.15) is 0 Å². The summed E-state index contributed by atoms with van der Waals surface area (Å²) in [6.07, 6.45) is 1.78. The van der Waals surface area contributed by atoms with E-state index in [2.05, 4.69) is 19.1 Å². The van der Waals surface area contributed by atoms with Crippen molar-refractivity contribution in [3.05, 3.63) is 6.92 Å². The first-order valence-electron chi connectivity index (χ1n) is 2.49. The summed E-state index contributed by atoms with van der Waals surface area (Å²) in [7, 11) is 0. The topological polar surface area (TPSA) is 35.2 Å². The van der Waals surface area contributed by atoms with Crippen LogP contribution >= 0.6 is 12.2 Å². The van der Waals surface area contributed by atoms with Crippen molar-refractivity contribution in [3.63, 3.8) is 0 Å². The third kappa shape index (κ3) is 5.69. The van der Waals surface area contributed by atoms with Crippen molar-refractivity contribution >= 4 is 17.4 Å². The molecule has 0 fully saturated rings. The lowest BCUT2D eigenvalue weighted by Gasteiger charge is -1.98. The maximum atomic E-state index is 5.02. The summed E-state index contributed by atoms with van der Waals surface area (Å²) in [5, 5.41) is 0.124. The molecule has 2 nitrogen and oxygen atoms in total. The average molecular weight is 132 g/mol. The molecule has 0 aliphatic heterocycles. The number of thiocarbonyl (C=S) groups is 1. The van der Waals surface area contributed by atoms with Crippen molar-refractivity contribution in [1.29, 1.82) is 0 Å². The minimum Gasteiger partial charge on any atom is -0.471 e. The summed E-state index contributed by atoms with van der Waals surface area (Å²) in [4.78, 5) is 0. The highest BCUT2D eigenvalue weighted by atomic mass is 32.1. The van der Waals surface area contributed by atoms with E-state index in [9.17, 15) is 0 Å². The Morgan fingerprint density at radius 1 is 1.75 bits per heavy atom. The monoisotopic (exact) mass is 132 g/mol. The van der Waals surface area contributed by atoms with E-state index in [0.29, 0.717) is 6.61 Å². The summed E-state index contributed by atoms with van der Waals surface area (Å²) in [5.74, 6) is 0. The lowest BCUT2D eigenvalue weighted by molar-refractivity contribution is 0.303. The fourth-order valence-electron chi connectivity index (χ4n) is 0.275. The molecule has 0 unspecified atom stereocenters. The first-order valence-corrected chi connectivity index (χ1v) is 2.89. The zero-order valence-corrected chi connectivity index (χ0v) is 5.54. The molecule has 8 heavy (non-hydrogen) atoms. The third-order valence-electron chi connectivity index (χ3n) is 0.639. The van der Waals surface area contributed by atoms with Gasteiger partial charge in [-0.15, -0.1) is 0 Å². The second-order valence-corrected chi connectivity index (χ2v) is 1.78. The summed E-state index contributed by atoms with van der Waals surface area (Å²) in [6, 6.07) is 0. The molecule has 0 aromatic heterocycles. The minimum absolute atomic E-state index is 0.124. The molecule has 0 saturated carbocycles. The second-order valence-electron chi connectivity index (χ2n) is 1.37. The van der Waals surface area contributed by atoms with Crippen molar-refractivity contribution in [2.24, 2.45) is 5.73 Å². The van der Waals surface area contributed by atoms with Gasteiger partial charge in [-0.1, -0.05) is 13.3 Å². The van der Waals surface area contributed by atoms with Gasteiger partial charge < -0.3 is 10.5 Å². The first-order chi connectivity index (χ1) is 3.77. The molecule has 0 rings (SSSR count). The normalized spacial score (nSPS) is 8.62. The van der Waals surface area contributed by atoms with Crippen molar-refractivity contribution < 1.29 is 4.74 Å². The van der Waals surface area contributed by atoms with Gasteiger partial charge >= 0.3 is 0 Å². The molecular formula is C5H10NOS. The molecule has 0 aliphatic carbocycles. The van der Waals surface area contributed by atoms with Crippen LogP contribution in [0, 0.1) is 6.92 Å². The lowest BCUT2D eigenvalue weighted by Crippen LogP contribution is -2.12. The fraction of sp³-hybridized carbons (Fsp3) is 0.600. The third-order valence-corrected chi connectivity index (χ3v) is 0.757. The molecule has 0 aromatic rings. The first kappa shape index (κ1) is 7.69. The number of hydrogen-bond acceptors (Lipinski definition) is 2. The Morgan fingerprint density at radius 2 is 2.38 bits per heavy atom. The van der Waals surface area contributed by atoms with E-state index in [1.807, 2.05) is 0 Å². The molecule has 0 heterocycles. The largest absolute Gasteiger partial charge is 0.471 e. The Morgan fingerprint density at radius 3 is 2.75 bits per heavy atom. The van der Waals surface area contributed by atoms with Crippen LogP contribution < -0.4 is 5.73 Å². The zero-order chi connectivity index (χ0) is 6.41. The van der Waals surface area contributed by atoms with E-state index in [1.54, 1.807) is 0 Å². The predicted molar refractivity (Wildman–Crippen MR) is 37.3 cm³/mol. The Hall–Kier alpha value is -0.310. The van der Waals surface area contributed by atoms with Gasteiger partial charge in [0.2, 0.25) is 0 Å². The van der Waals surface area contributed by atoms with Crippen LogP contribution in [0.2, 0.25) is 0 Å². The number of unbranched alkanes of at least 4 members (excludes halogenated alkanes) is 1. The molecular weight excluding hydrogens is 122 g/mol. The van der Waals surface area contributed by atoms with Gasteiger partial charge in [0.25, 0.3) is 5.17 Å². The Labute approximate surface area is 55.0 Å². The van der Waals surface area contributed by atoms with Crippen LogP contribution in [-0.4, -0.2) is 11.8 Å². The second kappa shape index (κ2) is 4.84. The Bertz CT molecular complexity index is 74.8. The molecule has 0 spiro atoms. The smallest absolute Gasteiger partial charge is 0.253 e. The van der Waals surface area contributed by atoms with Crippen LogP contribution in [0.15, 0.2) is 0 Å². The maximum Gasteiger partial charge on any atom is 0.253 e. The molecule has 3 heteroatoms. The van der Waals surface area contributed by atoms with E-state index in [-0.39, 0.29) is 5.17 Å². The summed E-state index contributed by atoms with van der Waals surface area (Å²) in [5.41, 5.74) is 5.02. The Balaban J connectivity index is 2.82. The molecule has 0 amide bonds. The van der Waals surface area contributed by atoms with Crippen molar-refractivity contribution in [2.75, 3.05) is 6.61 Å². The number of hydrogen-bond donors (Lipinski definition) is 1. The van der Waals surface area contributed by atoms with Crippen molar-refractivity contribution in [2.45, 2.75) is 12.8 Å². The van der Waals surface area contributed by atoms with Gasteiger partial charge in [0.05, 0.1) is 6.61 Å². The number of rotatable bonds is 3. The fourth-order valence-corrected chi connectivity index (χ4v) is 0.358. The molecule has 0 saturated heterocycles. The highest BCUT2D eigenvalue weighted by Crippen LogP contribution is 1.85. The van der Waals surface area contributed by atoms with Crippen molar-refractivity contribution in [1.82, 2.24) is 0 Å². The summed E-state index contributed by atoms with van der Waals surface area (Å²) < 4.78 is 4.75. The van der Waals surface area contributed by atoms with Crippen LogP contribution in [0.25, 0.3) is 0 Å². The molecule has 1 radical (unpaired) electrons. The highest BCUT2D eigenvalue weighted by Gasteiger charge is 1.85. The van der Waals surface area contributed by atoms with E-state index in [0.717, 1.165) is 12.8 Å².